The molecule has 1 aliphatic rings. The SMILES string of the molecule is CC1(C)COCC1n1c(Cc2cc(F)c(-c3ccnc(OCc4ccc(C#N)cc4F)n3)cc2F)nc2c(Cl)cc(C(=O)O)cc21. The summed E-state index contributed by atoms with van der Waals surface area (Å²) in [5.74, 6) is -2.93. The number of benzene rings is 3. The summed E-state index contributed by atoms with van der Waals surface area (Å²) < 4.78 is 58.6. The molecule has 234 valence electrons. The van der Waals surface area contributed by atoms with E-state index in [-0.39, 0.29) is 69.0 Å². The summed E-state index contributed by atoms with van der Waals surface area (Å²) in [5.41, 5.74) is 0.611. The van der Waals surface area contributed by atoms with Gasteiger partial charge in [-0.1, -0.05) is 31.5 Å². The largest absolute Gasteiger partial charge is 0.478 e. The molecule has 1 fully saturated rings. The molecule has 5 aromatic rings. The Labute approximate surface area is 265 Å². The fourth-order valence-corrected chi connectivity index (χ4v) is 5.76. The van der Waals surface area contributed by atoms with Gasteiger partial charge in [0.1, 0.15) is 35.4 Å². The Morgan fingerprint density at radius 2 is 1.89 bits per heavy atom. The number of carboxylic acids is 1. The van der Waals surface area contributed by atoms with E-state index in [1.807, 2.05) is 24.5 Å². The molecule has 1 unspecified atom stereocenters. The zero-order valence-electron chi connectivity index (χ0n) is 24.5. The van der Waals surface area contributed by atoms with Crippen molar-refractivity contribution in [2.24, 2.45) is 5.41 Å². The lowest BCUT2D eigenvalue weighted by Crippen LogP contribution is -2.27. The van der Waals surface area contributed by atoms with Crippen molar-refractivity contribution in [3.05, 3.63) is 105 Å². The Kier molecular flexibility index (Phi) is 8.14. The average Bonchev–Trinajstić information content (AvgIpc) is 3.56. The summed E-state index contributed by atoms with van der Waals surface area (Å²) in [4.78, 5) is 24.6. The maximum atomic E-state index is 15.7. The number of nitrogens with zero attached hydrogens (tertiary/aromatic N) is 5. The van der Waals surface area contributed by atoms with Crippen LogP contribution in [0.4, 0.5) is 13.2 Å². The maximum Gasteiger partial charge on any atom is 0.335 e. The van der Waals surface area contributed by atoms with E-state index in [2.05, 4.69) is 15.0 Å². The predicted octanol–water partition coefficient (Wildman–Crippen LogP) is 6.90. The van der Waals surface area contributed by atoms with E-state index in [4.69, 9.17) is 26.3 Å². The first-order valence-corrected chi connectivity index (χ1v) is 14.5. The zero-order valence-corrected chi connectivity index (χ0v) is 25.3. The average molecular weight is 648 g/mol. The highest BCUT2D eigenvalue weighted by Gasteiger charge is 2.39. The number of hydrogen-bond donors (Lipinski definition) is 1. The number of fused-ring (bicyclic) bond motifs is 1. The van der Waals surface area contributed by atoms with Crippen LogP contribution >= 0.6 is 11.6 Å². The molecule has 46 heavy (non-hydrogen) atoms. The van der Waals surface area contributed by atoms with Gasteiger partial charge in [0.15, 0.2) is 0 Å². The van der Waals surface area contributed by atoms with Crippen LogP contribution in [0.5, 0.6) is 6.01 Å². The molecule has 13 heteroatoms. The highest BCUT2D eigenvalue weighted by Crippen LogP contribution is 2.41. The Balaban J connectivity index is 1.32. The van der Waals surface area contributed by atoms with Crippen LogP contribution in [0.3, 0.4) is 0 Å². The van der Waals surface area contributed by atoms with Gasteiger partial charge in [-0.2, -0.15) is 10.2 Å². The maximum absolute atomic E-state index is 15.7. The number of rotatable bonds is 8. The zero-order chi connectivity index (χ0) is 32.7. The lowest BCUT2D eigenvalue weighted by atomic mass is 9.87. The van der Waals surface area contributed by atoms with Crippen molar-refractivity contribution in [1.82, 2.24) is 19.5 Å². The Hall–Kier alpha value is -4.99. The minimum Gasteiger partial charge on any atom is -0.478 e. The van der Waals surface area contributed by atoms with E-state index in [9.17, 15) is 14.3 Å². The van der Waals surface area contributed by atoms with Gasteiger partial charge in [0.25, 0.3) is 0 Å². The molecule has 0 amide bonds. The van der Waals surface area contributed by atoms with Gasteiger partial charge in [-0.15, -0.1) is 0 Å². The van der Waals surface area contributed by atoms with Gasteiger partial charge in [0.05, 0.1) is 52.7 Å². The molecule has 3 heterocycles. The molecule has 1 saturated heterocycles. The van der Waals surface area contributed by atoms with Crippen LogP contribution in [0.2, 0.25) is 5.02 Å². The van der Waals surface area contributed by atoms with Crippen LogP contribution in [0, 0.1) is 34.2 Å². The van der Waals surface area contributed by atoms with Crippen molar-refractivity contribution in [2.75, 3.05) is 13.2 Å². The van der Waals surface area contributed by atoms with Crippen LogP contribution in [-0.4, -0.2) is 43.8 Å². The van der Waals surface area contributed by atoms with Gasteiger partial charge < -0.3 is 19.1 Å². The van der Waals surface area contributed by atoms with Gasteiger partial charge in [0.2, 0.25) is 0 Å². The second kappa shape index (κ2) is 12.1. The molecule has 1 aliphatic heterocycles. The van der Waals surface area contributed by atoms with Gasteiger partial charge in [-0.25, -0.2) is 27.9 Å². The summed E-state index contributed by atoms with van der Waals surface area (Å²) in [7, 11) is 0. The van der Waals surface area contributed by atoms with Gasteiger partial charge in [-0.05, 0) is 48.0 Å². The van der Waals surface area contributed by atoms with E-state index < -0.39 is 23.4 Å². The molecule has 1 atom stereocenters. The van der Waals surface area contributed by atoms with E-state index in [0.29, 0.717) is 30.1 Å². The second-order valence-electron chi connectivity index (χ2n) is 11.6. The number of carboxylic acid groups (broad SMARTS) is 1. The number of aromatic carboxylic acids is 1. The number of carbonyl (C=O) groups is 1. The Morgan fingerprint density at radius 1 is 1.11 bits per heavy atom. The molecule has 9 nitrogen and oxygen atoms in total. The second-order valence-corrected chi connectivity index (χ2v) is 12.0. The first-order chi connectivity index (χ1) is 21.9. The van der Waals surface area contributed by atoms with Gasteiger partial charge in [-0.3, -0.25) is 0 Å². The van der Waals surface area contributed by atoms with Crippen molar-refractivity contribution >= 4 is 28.6 Å². The number of hydrogen-bond acceptors (Lipinski definition) is 7. The van der Waals surface area contributed by atoms with Crippen molar-refractivity contribution in [2.45, 2.75) is 32.9 Å². The third kappa shape index (κ3) is 5.87. The summed E-state index contributed by atoms with van der Waals surface area (Å²) in [6.45, 7) is 4.50. The molecule has 0 radical (unpaired) electrons. The van der Waals surface area contributed by atoms with Crippen molar-refractivity contribution < 1.29 is 32.5 Å². The standard InChI is InChI=1S/C33H25ClF3N5O4/c1-33(2)16-45-15-28(33)42-27-10-20(31(43)44)8-22(34)30(27)41-29(42)11-19-9-25(37)21(12-24(19)36)26-5-6-39-32(40-26)46-14-18-4-3-17(13-38)7-23(18)35/h3-10,12,28H,11,14-16H2,1-2H3,(H,43,44). The number of halogens is 4. The highest BCUT2D eigenvalue weighted by atomic mass is 35.5. The number of nitriles is 1. The number of imidazole rings is 1. The third-order valence-corrected chi connectivity index (χ3v) is 8.25. The molecule has 0 saturated carbocycles. The third-order valence-electron chi connectivity index (χ3n) is 7.97. The first kappa shape index (κ1) is 31.0. The van der Waals surface area contributed by atoms with Crippen LogP contribution in [0.15, 0.2) is 54.7 Å². The molecule has 1 N–H and O–H groups in total. The van der Waals surface area contributed by atoms with Crippen LogP contribution in [-0.2, 0) is 17.8 Å². The van der Waals surface area contributed by atoms with E-state index in [1.165, 1.54) is 36.5 Å². The normalized spacial score (nSPS) is 15.6. The molecular weight excluding hydrogens is 623 g/mol. The van der Waals surface area contributed by atoms with Gasteiger partial charge >= 0.3 is 12.0 Å². The number of ether oxygens (including phenoxy) is 2. The van der Waals surface area contributed by atoms with Gasteiger partial charge in [0, 0.05) is 29.2 Å². The van der Waals surface area contributed by atoms with Crippen molar-refractivity contribution in [1.29, 1.82) is 5.26 Å². The first-order valence-electron chi connectivity index (χ1n) is 14.1. The highest BCUT2D eigenvalue weighted by molar-refractivity contribution is 6.35. The smallest absolute Gasteiger partial charge is 0.335 e. The summed E-state index contributed by atoms with van der Waals surface area (Å²) in [6, 6.07) is 11.5. The molecule has 6 rings (SSSR count). The molecule has 0 spiro atoms. The quantitative estimate of drug-likeness (QED) is 0.193. The fraction of sp³-hybridized carbons (Fsp3) is 0.242. The summed E-state index contributed by atoms with van der Waals surface area (Å²) in [5, 5.41) is 18.7. The van der Waals surface area contributed by atoms with E-state index in [0.717, 1.165) is 18.2 Å². The Bertz CT molecular complexity index is 2060. The molecular formula is C33H25ClF3N5O4. The van der Waals surface area contributed by atoms with Crippen LogP contribution in [0.25, 0.3) is 22.3 Å². The Morgan fingerprint density at radius 3 is 2.59 bits per heavy atom. The van der Waals surface area contributed by atoms with E-state index >= 15 is 8.78 Å². The lowest BCUT2D eigenvalue weighted by molar-refractivity contribution is 0.0697. The molecule has 3 aromatic carbocycles. The van der Waals surface area contributed by atoms with E-state index in [1.54, 1.807) is 0 Å². The lowest BCUT2D eigenvalue weighted by Gasteiger charge is -2.28. The van der Waals surface area contributed by atoms with Crippen LogP contribution in [0.1, 0.15) is 52.8 Å². The minimum atomic E-state index is -1.16. The van der Waals surface area contributed by atoms with Crippen molar-refractivity contribution in [3.8, 4) is 23.3 Å². The fourth-order valence-electron chi connectivity index (χ4n) is 5.50. The topological polar surface area (TPSA) is 123 Å². The number of aromatic nitrogens is 4. The minimum absolute atomic E-state index is 0.00549. The molecule has 0 aliphatic carbocycles. The molecule has 2 aromatic heterocycles. The van der Waals surface area contributed by atoms with Crippen LogP contribution < -0.4 is 4.74 Å². The molecule has 0 bridgehead atoms. The van der Waals surface area contributed by atoms with Crippen molar-refractivity contribution in [3.63, 3.8) is 0 Å². The summed E-state index contributed by atoms with van der Waals surface area (Å²) >= 11 is 6.45. The predicted molar refractivity (Wildman–Crippen MR) is 161 cm³/mol. The monoisotopic (exact) mass is 647 g/mol. The summed E-state index contributed by atoms with van der Waals surface area (Å²) in [6.07, 6.45) is 1.18.